The highest BCUT2D eigenvalue weighted by Crippen LogP contribution is 2.28. The van der Waals surface area contributed by atoms with Crippen LogP contribution >= 0.6 is 0 Å². The van der Waals surface area contributed by atoms with Gasteiger partial charge in [-0.1, -0.05) is 0 Å². The van der Waals surface area contributed by atoms with Crippen molar-refractivity contribution in [1.29, 1.82) is 0 Å². The molecule has 0 unspecified atom stereocenters. The zero-order valence-electron chi connectivity index (χ0n) is 12.2. The first kappa shape index (κ1) is 14.8. The lowest BCUT2D eigenvalue weighted by Gasteiger charge is -2.10. The Morgan fingerprint density at radius 1 is 1.29 bits per heavy atom. The number of nitro groups is 1. The molecule has 0 spiro atoms. The second-order valence-electron chi connectivity index (χ2n) is 4.74. The van der Waals surface area contributed by atoms with Crippen molar-refractivity contribution >= 4 is 11.4 Å². The molecule has 0 saturated heterocycles. The molecule has 0 radical (unpaired) electrons. The quantitative estimate of drug-likeness (QED) is 0.674. The van der Waals surface area contributed by atoms with Crippen molar-refractivity contribution in [3.63, 3.8) is 0 Å². The van der Waals surface area contributed by atoms with Crippen LogP contribution in [0.3, 0.4) is 0 Å². The van der Waals surface area contributed by atoms with E-state index in [-0.39, 0.29) is 12.3 Å². The number of aryl methyl sites for hydroxylation is 2. The number of anilines is 1. The fourth-order valence-electron chi connectivity index (χ4n) is 2.04. The number of nitrogens with one attached hydrogen (secondary N) is 1. The second-order valence-corrected chi connectivity index (χ2v) is 4.74. The molecule has 6 heteroatoms. The number of aromatic nitrogens is 1. The standard InChI is InChI=1S/C15H17N3O3/c1-10-6-11(2)15(8-14(10)18(19)20)21-9-13-7-12(16-3)4-5-17-13/h4-8H,9H2,1-3H3,(H,16,17). The summed E-state index contributed by atoms with van der Waals surface area (Å²) in [6.07, 6.45) is 1.69. The number of ether oxygens (including phenoxy) is 1. The van der Waals surface area contributed by atoms with Gasteiger partial charge in [0.25, 0.3) is 5.69 Å². The summed E-state index contributed by atoms with van der Waals surface area (Å²) >= 11 is 0. The van der Waals surface area contributed by atoms with Crippen LogP contribution in [-0.4, -0.2) is 17.0 Å². The Hall–Kier alpha value is -2.63. The Labute approximate surface area is 122 Å². The average molecular weight is 287 g/mol. The van der Waals surface area contributed by atoms with Gasteiger partial charge in [-0.25, -0.2) is 0 Å². The van der Waals surface area contributed by atoms with Gasteiger partial charge in [0.1, 0.15) is 12.4 Å². The highest BCUT2D eigenvalue weighted by atomic mass is 16.6. The van der Waals surface area contributed by atoms with E-state index in [0.29, 0.717) is 11.3 Å². The molecule has 1 aromatic carbocycles. The first-order valence-electron chi connectivity index (χ1n) is 6.52. The first-order chi connectivity index (χ1) is 10.0. The Kier molecular flexibility index (Phi) is 4.37. The van der Waals surface area contributed by atoms with Gasteiger partial charge in [0.2, 0.25) is 0 Å². The Morgan fingerprint density at radius 3 is 2.71 bits per heavy atom. The van der Waals surface area contributed by atoms with E-state index < -0.39 is 4.92 Å². The number of hydrogen-bond acceptors (Lipinski definition) is 5. The van der Waals surface area contributed by atoms with Gasteiger partial charge in [-0.05, 0) is 37.6 Å². The van der Waals surface area contributed by atoms with Crippen LogP contribution in [0, 0.1) is 24.0 Å². The summed E-state index contributed by atoms with van der Waals surface area (Å²) in [5.41, 5.74) is 3.25. The minimum atomic E-state index is -0.401. The van der Waals surface area contributed by atoms with Crippen molar-refractivity contribution in [2.45, 2.75) is 20.5 Å². The summed E-state index contributed by atoms with van der Waals surface area (Å²) in [5, 5.41) is 14.0. The molecular formula is C15H17N3O3. The summed E-state index contributed by atoms with van der Waals surface area (Å²) in [4.78, 5) is 14.8. The van der Waals surface area contributed by atoms with E-state index in [2.05, 4.69) is 10.3 Å². The van der Waals surface area contributed by atoms with Crippen LogP contribution in [0.4, 0.5) is 11.4 Å². The maximum atomic E-state index is 11.0. The van der Waals surface area contributed by atoms with Crippen LogP contribution in [0.2, 0.25) is 0 Å². The van der Waals surface area contributed by atoms with Gasteiger partial charge in [-0.2, -0.15) is 0 Å². The van der Waals surface area contributed by atoms with Crippen LogP contribution in [0.5, 0.6) is 5.75 Å². The van der Waals surface area contributed by atoms with Crippen LogP contribution in [-0.2, 0) is 6.61 Å². The predicted octanol–water partition coefficient (Wildman–Crippen LogP) is 3.23. The molecule has 1 aromatic heterocycles. The van der Waals surface area contributed by atoms with E-state index in [1.807, 2.05) is 26.1 Å². The molecule has 0 saturated carbocycles. The summed E-state index contributed by atoms with van der Waals surface area (Å²) in [7, 11) is 1.83. The Morgan fingerprint density at radius 2 is 2.05 bits per heavy atom. The third-order valence-corrected chi connectivity index (χ3v) is 3.17. The monoisotopic (exact) mass is 287 g/mol. The molecule has 1 N–H and O–H groups in total. The normalized spacial score (nSPS) is 10.2. The number of pyridine rings is 1. The minimum absolute atomic E-state index is 0.0625. The van der Waals surface area contributed by atoms with Gasteiger partial charge in [-0.3, -0.25) is 15.1 Å². The zero-order valence-corrected chi connectivity index (χ0v) is 12.2. The highest BCUT2D eigenvalue weighted by Gasteiger charge is 2.14. The maximum absolute atomic E-state index is 11.0. The third kappa shape index (κ3) is 3.47. The number of nitro benzene ring substituents is 1. The molecule has 6 nitrogen and oxygen atoms in total. The fourth-order valence-corrected chi connectivity index (χ4v) is 2.04. The van der Waals surface area contributed by atoms with E-state index in [1.165, 1.54) is 6.07 Å². The zero-order chi connectivity index (χ0) is 15.4. The number of nitrogens with zero attached hydrogens (tertiary/aromatic N) is 2. The predicted molar refractivity (Wildman–Crippen MR) is 80.7 cm³/mol. The summed E-state index contributed by atoms with van der Waals surface area (Å²) < 4.78 is 5.67. The van der Waals surface area contributed by atoms with Gasteiger partial charge < -0.3 is 10.1 Å². The molecule has 1 heterocycles. The molecule has 0 aliphatic carbocycles. The van der Waals surface area contributed by atoms with Gasteiger partial charge in [0.05, 0.1) is 16.7 Å². The Balaban J connectivity index is 2.19. The molecule has 0 atom stereocenters. The molecule has 2 rings (SSSR count). The molecule has 2 aromatic rings. The maximum Gasteiger partial charge on any atom is 0.276 e. The molecule has 0 amide bonds. The van der Waals surface area contributed by atoms with Crippen molar-refractivity contribution < 1.29 is 9.66 Å². The van der Waals surface area contributed by atoms with E-state index in [1.54, 1.807) is 19.2 Å². The van der Waals surface area contributed by atoms with E-state index in [4.69, 9.17) is 4.74 Å². The molecule has 0 fully saturated rings. The smallest absolute Gasteiger partial charge is 0.276 e. The lowest BCUT2D eigenvalue weighted by atomic mass is 10.1. The molecule has 0 aliphatic rings. The largest absolute Gasteiger partial charge is 0.487 e. The summed E-state index contributed by atoms with van der Waals surface area (Å²) in [6, 6.07) is 6.95. The van der Waals surface area contributed by atoms with Crippen LogP contribution in [0.25, 0.3) is 0 Å². The fraction of sp³-hybridized carbons (Fsp3) is 0.267. The van der Waals surface area contributed by atoms with Crippen LogP contribution in [0.15, 0.2) is 30.5 Å². The molecule has 0 aliphatic heterocycles. The Bertz CT molecular complexity index is 671. The second kappa shape index (κ2) is 6.21. The third-order valence-electron chi connectivity index (χ3n) is 3.17. The van der Waals surface area contributed by atoms with Crippen molar-refractivity contribution in [3.05, 3.63) is 57.4 Å². The van der Waals surface area contributed by atoms with Crippen molar-refractivity contribution in [1.82, 2.24) is 4.98 Å². The van der Waals surface area contributed by atoms with Crippen molar-refractivity contribution in [2.75, 3.05) is 12.4 Å². The summed E-state index contributed by atoms with van der Waals surface area (Å²) in [5.74, 6) is 0.504. The number of rotatable bonds is 5. The van der Waals surface area contributed by atoms with Crippen molar-refractivity contribution in [2.24, 2.45) is 0 Å². The first-order valence-corrected chi connectivity index (χ1v) is 6.52. The lowest BCUT2D eigenvalue weighted by Crippen LogP contribution is -2.02. The van der Waals surface area contributed by atoms with Crippen LogP contribution in [0.1, 0.15) is 16.8 Å². The molecular weight excluding hydrogens is 270 g/mol. The van der Waals surface area contributed by atoms with Crippen molar-refractivity contribution in [3.8, 4) is 5.75 Å². The van der Waals surface area contributed by atoms with E-state index in [9.17, 15) is 10.1 Å². The van der Waals surface area contributed by atoms with Gasteiger partial charge in [0.15, 0.2) is 0 Å². The van der Waals surface area contributed by atoms with Gasteiger partial charge >= 0.3 is 0 Å². The van der Waals surface area contributed by atoms with E-state index >= 15 is 0 Å². The molecule has 110 valence electrons. The number of hydrogen-bond donors (Lipinski definition) is 1. The number of benzene rings is 1. The molecule has 21 heavy (non-hydrogen) atoms. The van der Waals surface area contributed by atoms with E-state index in [0.717, 1.165) is 16.9 Å². The topological polar surface area (TPSA) is 77.3 Å². The SMILES string of the molecule is CNc1ccnc(COc2cc([N+](=O)[O-])c(C)cc2C)c1. The average Bonchev–Trinajstić information content (AvgIpc) is 2.46. The highest BCUT2D eigenvalue weighted by molar-refractivity contribution is 5.49. The van der Waals surface area contributed by atoms with Crippen LogP contribution < -0.4 is 10.1 Å². The lowest BCUT2D eigenvalue weighted by molar-refractivity contribution is -0.385. The minimum Gasteiger partial charge on any atom is -0.487 e. The van der Waals surface area contributed by atoms with Gasteiger partial charge in [0, 0.05) is 24.5 Å². The molecule has 0 bridgehead atoms. The summed E-state index contributed by atoms with van der Waals surface area (Å²) in [6.45, 7) is 3.84. The van der Waals surface area contributed by atoms with Gasteiger partial charge in [-0.15, -0.1) is 0 Å².